The zero-order valence-electron chi connectivity index (χ0n) is 18.5. The number of aromatic nitrogens is 4. The molecule has 1 amide bonds. The van der Waals surface area contributed by atoms with Crippen molar-refractivity contribution in [1.82, 2.24) is 24.7 Å². The first-order chi connectivity index (χ1) is 16.1. The topological polar surface area (TPSA) is 101 Å². The molecular weight excluding hydrogens is 416 g/mol. The Morgan fingerprint density at radius 2 is 2.00 bits per heavy atom. The molecule has 8 heteroatoms. The molecule has 1 aliphatic carbocycles. The summed E-state index contributed by atoms with van der Waals surface area (Å²) in [5.74, 6) is 0.182. The molecule has 0 spiro atoms. The maximum Gasteiger partial charge on any atom is 0.267 e. The number of anilines is 1. The lowest BCUT2D eigenvalue weighted by Crippen LogP contribution is -2.28. The van der Waals surface area contributed by atoms with Gasteiger partial charge in [-0.1, -0.05) is 31.4 Å². The van der Waals surface area contributed by atoms with Gasteiger partial charge in [-0.3, -0.25) is 19.0 Å². The van der Waals surface area contributed by atoms with E-state index in [1.165, 1.54) is 10.8 Å². The minimum atomic E-state index is -0.291. The minimum absolute atomic E-state index is 0.239. The van der Waals surface area contributed by atoms with Crippen LogP contribution in [0.3, 0.4) is 0 Å². The third-order valence-electron chi connectivity index (χ3n) is 6.11. The van der Waals surface area contributed by atoms with Crippen LogP contribution in [-0.4, -0.2) is 31.3 Å². The van der Waals surface area contributed by atoms with Crippen molar-refractivity contribution in [2.24, 2.45) is 0 Å². The number of pyridine rings is 3. The first-order valence-electron chi connectivity index (χ1n) is 11.4. The van der Waals surface area contributed by atoms with Gasteiger partial charge in [-0.05, 0) is 49.1 Å². The summed E-state index contributed by atoms with van der Waals surface area (Å²) in [5, 5.41) is 6.72. The Morgan fingerprint density at radius 3 is 2.79 bits per heavy atom. The van der Waals surface area contributed by atoms with Gasteiger partial charge in [-0.15, -0.1) is 0 Å². The van der Waals surface area contributed by atoms with Crippen molar-refractivity contribution in [2.75, 3.05) is 5.32 Å². The minimum Gasteiger partial charge on any atom is -0.367 e. The first-order valence-corrected chi connectivity index (χ1v) is 11.4. The standard InChI is InChI=1S/C25H26N6O2/c1-16-9-10-21-29-23-20(25(33)31(21)15-16)12-19(22(30-23)28-18-7-3-2-4-8-18)24(32)27-14-17-6-5-11-26-13-17/h5-6,9-13,15,18H,2-4,7-8,14H2,1H3,(H,27,32)(H,28,30). The zero-order valence-corrected chi connectivity index (χ0v) is 18.5. The fourth-order valence-corrected chi connectivity index (χ4v) is 4.34. The van der Waals surface area contributed by atoms with E-state index in [0.29, 0.717) is 34.6 Å². The first kappa shape index (κ1) is 21.1. The molecular formula is C25H26N6O2. The monoisotopic (exact) mass is 442 g/mol. The van der Waals surface area contributed by atoms with E-state index in [-0.39, 0.29) is 17.5 Å². The lowest BCUT2D eigenvalue weighted by molar-refractivity contribution is 0.0951. The van der Waals surface area contributed by atoms with Gasteiger partial charge in [0.2, 0.25) is 0 Å². The molecule has 1 saturated carbocycles. The van der Waals surface area contributed by atoms with Crippen molar-refractivity contribution >= 4 is 28.4 Å². The van der Waals surface area contributed by atoms with Gasteiger partial charge in [-0.2, -0.15) is 0 Å². The van der Waals surface area contributed by atoms with Gasteiger partial charge in [0, 0.05) is 31.2 Å². The van der Waals surface area contributed by atoms with Crippen LogP contribution in [-0.2, 0) is 6.54 Å². The number of aryl methyl sites for hydroxylation is 1. The van der Waals surface area contributed by atoms with Crippen molar-refractivity contribution < 1.29 is 4.79 Å². The molecule has 168 valence electrons. The Kier molecular flexibility index (Phi) is 5.73. The molecule has 0 aromatic carbocycles. The van der Waals surface area contributed by atoms with Gasteiger partial charge in [0.25, 0.3) is 11.5 Å². The van der Waals surface area contributed by atoms with E-state index >= 15 is 0 Å². The lowest BCUT2D eigenvalue weighted by atomic mass is 9.95. The maximum atomic E-state index is 13.2. The molecule has 4 aromatic rings. The molecule has 0 saturated heterocycles. The SMILES string of the molecule is Cc1ccc2nc3nc(NC4CCCCC4)c(C(=O)NCc4cccnc4)cc3c(=O)n2c1. The molecule has 0 radical (unpaired) electrons. The summed E-state index contributed by atoms with van der Waals surface area (Å²) in [6.07, 6.45) is 10.7. The Labute approximate surface area is 191 Å². The molecule has 33 heavy (non-hydrogen) atoms. The number of rotatable bonds is 5. The van der Waals surface area contributed by atoms with Crippen LogP contribution in [0.25, 0.3) is 16.7 Å². The van der Waals surface area contributed by atoms with Gasteiger partial charge >= 0.3 is 0 Å². The van der Waals surface area contributed by atoms with E-state index in [2.05, 4.69) is 25.6 Å². The number of carbonyl (C=O) groups is 1. The molecule has 1 fully saturated rings. The normalized spacial score (nSPS) is 14.5. The maximum absolute atomic E-state index is 13.2. The second kappa shape index (κ2) is 8.97. The van der Waals surface area contributed by atoms with E-state index in [1.807, 2.05) is 25.1 Å². The molecule has 1 aliphatic rings. The van der Waals surface area contributed by atoms with Crippen LogP contribution < -0.4 is 16.2 Å². The third kappa shape index (κ3) is 4.41. The number of amides is 1. The van der Waals surface area contributed by atoms with Gasteiger partial charge in [0.15, 0.2) is 5.65 Å². The van der Waals surface area contributed by atoms with Gasteiger partial charge in [-0.25, -0.2) is 9.97 Å². The van der Waals surface area contributed by atoms with Crippen LogP contribution in [0.1, 0.15) is 53.6 Å². The fourth-order valence-electron chi connectivity index (χ4n) is 4.34. The average molecular weight is 443 g/mol. The summed E-state index contributed by atoms with van der Waals surface area (Å²) in [4.78, 5) is 39.8. The van der Waals surface area contributed by atoms with E-state index in [0.717, 1.165) is 36.8 Å². The van der Waals surface area contributed by atoms with E-state index in [4.69, 9.17) is 0 Å². The molecule has 0 aliphatic heterocycles. The largest absolute Gasteiger partial charge is 0.367 e. The molecule has 5 rings (SSSR count). The number of nitrogens with one attached hydrogen (secondary N) is 2. The number of fused-ring (bicyclic) bond motifs is 2. The van der Waals surface area contributed by atoms with Crippen LogP contribution in [0.2, 0.25) is 0 Å². The van der Waals surface area contributed by atoms with Gasteiger partial charge < -0.3 is 10.6 Å². The summed E-state index contributed by atoms with van der Waals surface area (Å²) >= 11 is 0. The van der Waals surface area contributed by atoms with E-state index in [9.17, 15) is 9.59 Å². The van der Waals surface area contributed by atoms with Crippen LogP contribution >= 0.6 is 0 Å². The quantitative estimate of drug-likeness (QED) is 0.458. The summed E-state index contributed by atoms with van der Waals surface area (Å²) in [6.45, 7) is 2.25. The second-order valence-corrected chi connectivity index (χ2v) is 8.63. The summed E-state index contributed by atoms with van der Waals surface area (Å²) < 4.78 is 1.50. The van der Waals surface area contributed by atoms with Gasteiger partial charge in [0.05, 0.1) is 10.9 Å². The Hall–Kier alpha value is -3.81. The molecule has 0 atom stereocenters. The van der Waals surface area contributed by atoms with E-state index < -0.39 is 0 Å². The average Bonchev–Trinajstić information content (AvgIpc) is 2.84. The Balaban J connectivity index is 1.57. The highest BCUT2D eigenvalue weighted by Gasteiger charge is 2.21. The number of hydrogen-bond acceptors (Lipinski definition) is 6. The summed E-state index contributed by atoms with van der Waals surface area (Å²) in [6, 6.07) is 9.32. The van der Waals surface area contributed by atoms with Crippen molar-refractivity contribution in [3.05, 3.63) is 76.0 Å². The summed E-state index contributed by atoms with van der Waals surface area (Å²) in [5.41, 5.74) is 2.82. The van der Waals surface area contributed by atoms with Crippen molar-refractivity contribution in [1.29, 1.82) is 0 Å². The molecule has 8 nitrogen and oxygen atoms in total. The molecule has 0 bridgehead atoms. The second-order valence-electron chi connectivity index (χ2n) is 8.63. The molecule has 4 aromatic heterocycles. The van der Waals surface area contributed by atoms with Crippen molar-refractivity contribution in [3.63, 3.8) is 0 Å². The number of carbonyl (C=O) groups excluding carboxylic acids is 1. The highest BCUT2D eigenvalue weighted by atomic mass is 16.1. The van der Waals surface area contributed by atoms with Crippen LogP contribution in [0.15, 0.2) is 53.7 Å². The summed E-state index contributed by atoms with van der Waals surface area (Å²) in [7, 11) is 0. The van der Waals surface area contributed by atoms with Crippen molar-refractivity contribution in [3.8, 4) is 0 Å². The number of hydrogen-bond donors (Lipinski definition) is 2. The fraction of sp³-hybridized carbons (Fsp3) is 0.320. The van der Waals surface area contributed by atoms with Crippen LogP contribution in [0.4, 0.5) is 5.82 Å². The Morgan fingerprint density at radius 1 is 1.15 bits per heavy atom. The molecule has 4 heterocycles. The number of nitrogens with zero attached hydrogens (tertiary/aromatic N) is 4. The predicted molar refractivity (Wildman–Crippen MR) is 127 cm³/mol. The molecule has 2 N–H and O–H groups in total. The van der Waals surface area contributed by atoms with Gasteiger partial charge in [0.1, 0.15) is 11.5 Å². The third-order valence-corrected chi connectivity index (χ3v) is 6.11. The lowest BCUT2D eigenvalue weighted by Gasteiger charge is -2.24. The van der Waals surface area contributed by atoms with Crippen LogP contribution in [0.5, 0.6) is 0 Å². The molecule has 0 unspecified atom stereocenters. The zero-order chi connectivity index (χ0) is 22.8. The van der Waals surface area contributed by atoms with E-state index in [1.54, 1.807) is 30.7 Å². The Bertz CT molecular complexity index is 1380. The van der Waals surface area contributed by atoms with Crippen LogP contribution in [0, 0.1) is 6.92 Å². The predicted octanol–water partition coefficient (Wildman–Crippen LogP) is 3.62. The van der Waals surface area contributed by atoms with Crippen molar-refractivity contribution in [2.45, 2.75) is 51.6 Å². The smallest absolute Gasteiger partial charge is 0.267 e. The highest BCUT2D eigenvalue weighted by Crippen LogP contribution is 2.24. The highest BCUT2D eigenvalue weighted by molar-refractivity contribution is 6.01.